The molecule has 0 bridgehead atoms. The molecule has 0 saturated heterocycles. The zero-order chi connectivity index (χ0) is 21.4. The molecule has 1 aliphatic heterocycles. The summed E-state index contributed by atoms with van der Waals surface area (Å²) in [5, 5.41) is 0.642. The number of benzene rings is 2. The highest BCUT2D eigenvalue weighted by Gasteiger charge is 2.34. The van der Waals surface area contributed by atoms with Gasteiger partial charge in [0.1, 0.15) is 12.3 Å². The SMILES string of the molecule is O=C(OCCN1C(=O)c2ccccc2C1=O)c1cc(-c2ccco2)nc2ccccc12. The summed E-state index contributed by atoms with van der Waals surface area (Å²) >= 11 is 0. The Morgan fingerprint density at radius 1 is 0.935 bits per heavy atom. The molecule has 152 valence electrons. The highest BCUT2D eigenvalue weighted by atomic mass is 16.5. The van der Waals surface area contributed by atoms with E-state index >= 15 is 0 Å². The zero-order valence-corrected chi connectivity index (χ0v) is 16.3. The molecule has 31 heavy (non-hydrogen) atoms. The van der Waals surface area contributed by atoms with Gasteiger partial charge in [0.05, 0.1) is 35.0 Å². The third kappa shape index (κ3) is 3.26. The molecule has 0 aliphatic carbocycles. The monoisotopic (exact) mass is 412 g/mol. The summed E-state index contributed by atoms with van der Waals surface area (Å²) in [6.07, 6.45) is 1.53. The minimum Gasteiger partial charge on any atom is -0.463 e. The quantitative estimate of drug-likeness (QED) is 0.364. The van der Waals surface area contributed by atoms with E-state index in [-0.39, 0.29) is 25.0 Å². The number of pyridine rings is 1. The minimum atomic E-state index is -0.567. The standard InChI is InChI=1S/C24H16N2O5/c27-22-16-7-1-2-8-17(16)23(28)26(22)11-13-31-24(29)18-14-20(21-10-5-12-30-21)25-19-9-4-3-6-15(18)19/h1-10,12,14H,11,13H2. The maximum atomic E-state index is 12.9. The largest absolute Gasteiger partial charge is 0.463 e. The van der Waals surface area contributed by atoms with Gasteiger partial charge in [0.2, 0.25) is 0 Å². The number of hydrogen-bond acceptors (Lipinski definition) is 6. The van der Waals surface area contributed by atoms with Crippen molar-refractivity contribution in [3.8, 4) is 11.5 Å². The fourth-order valence-corrected chi connectivity index (χ4v) is 3.64. The fourth-order valence-electron chi connectivity index (χ4n) is 3.64. The van der Waals surface area contributed by atoms with Crippen LogP contribution in [0.4, 0.5) is 0 Å². The molecule has 2 amide bonds. The van der Waals surface area contributed by atoms with E-state index in [1.165, 1.54) is 6.26 Å². The molecule has 0 atom stereocenters. The average molecular weight is 412 g/mol. The first-order valence-electron chi connectivity index (χ1n) is 9.69. The predicted molar refractivity (Wildman–Crippen MR) is 112 cm³/mol. The third-order valence-electron chi connectivity index (χ3n) is 5.14. The molecule has 5 rings (SSSR count). The molecule has 2 aromatic carbocycles. The summed E-state index contributed by atoms with van der Waals surface area (Å²) in [6, 6.07) is 19.0. The van der Waals surface area contributed by atoms with Crippen molar-refractivity contribution < 1.29 is 23.5 Å². The molecule has 2 aromatic heterocycles. The molecule has 0 N–H and O–H groups in total. The van der Waals surface area contributed by atoms with Crippen molar-refractivity contribution in [1.82, 2.24) is 9.88 Å². The zero-order valence-electron chi connectivity index (χ0n) is 16.3. The van der Waals surface area contributed by atoms with Gasteiger partial charge in [-0.3, -0.25) is 14.5 Å². The van der Waals surface area contributed by atoms with Crippen LogP contribution in [0.1, 0.15) is 31.1 Å². The predicted octanol–water partition coefficient (Wildman–Crippen LogP) is 3.95. The molecule has 0 spiro atoms. The lowest BCUT2D eigenvalue weighted by Gasteiger charge is -2.14. The maximum absolute atomic E-state index is 12.9. The summed E-state index contributed by atoms with van der Waals surface area (Å²) < 4.78 is 10.8. The van der Waals surface area contributed by atoms with Crippen LogP contribution in [0, 0.1) is 0 Å². The number of esters is 1. The van der Waals surface area contributed by atoms with Crippen LogP contribution in [-0.4, -0.2) is 40.8 Å². The molecular weight excluding hydrogens is 396 g/mol. The van der Waals surface area contributed by atoms with Gasteiger partial charge in [-0.1, -0.05) is 30.3 Å². The van der Waals surface area contributed by atoms with E-state index in [4.69, 9.17) is 9.15 Å². The van der Waals surface area contributed by atoms with Crippen molar-refractivity contribution in [3.05, 3.63) is 89.7 Å². The van der Waals surface area contributed by atoms with Crippen molar-refractivity contribution in [2.45, 2.75) is 0 Å². The molecule has 0 unspecified atom stereocenters. The lowest BCUT2D eigenvalue weighted by Crippen LogP contribution is -2.33. The Labute approximate surface area is 176 Å². The summed E-state index contributed by atoms with van der Waals surface area (Å²) in [4.78, 5) is 43.4. The van der Waals surface area contributed by atoms with E-state index in [0.717, 1.165) is 4.90 Å². The Balaban J connectivity index is 1.36. The Hall–Kier alpha value is -4.26. The Bertz CT molecular complexity index is 1290. The van der Waals surface area contributed by atoms with Gasteiger partial charge in [-0.05, 0) is 36.4 Å². The van der Waals surface area contributed by atoms with Crippen molar-refractivity contribution >= 4 is 28.7 Å². The lowest BCUT2D eigenvalue weighted by molar-refractivity contribution is 0.0422. The number of imide groups is 1. The first-order valence-corrected chi connectivity index (χ1v) is 9.69. The van der Waals surface area contributed by atoms with Crippen LogP contribution in [0.3, 0.4) is 0 Å². The van der Waals surface area contributed by atoms with Crippen LogP contribution in [-0.2, 0) is 4.74 Å². The highest BCUT2D eigenvalue weighted by molar-refractivity contribution is 6.21. The van der Waals surface area contributed by atoms with Gasteiger partial charge in [-0.15, -0.1) is 0 Å². The third-order valence-corrected chi connectivity index (χ3v) is 5.14. The van der Waals surface area contributed by atoms with Crippen LogP contribution < -0.4 is 0 Å². The smallest absolute Gasteiger partial charge is 0.338 e. The maximum Gasteiger partial charge on any atom is 0.338 e. The van der Waals surface area contributed by atoms with Gasteiger partial charge in [-0.25, -0.2) is 9.78 Å². The number of furan rings is 1. The number of carbonyl (C=O) groups excluding carboxylic acids is 3. The normalized spacial score (nSPS) is 13.0. The van der Waals surface area contributed by atoms with E-state index < -0.39 is 5.97 Å². The molecule has 7 nitrogen and oxygen atoms in total. The van der Waals surface area contributed by atoms with Gasteiger partial charge in [-0.2, -0.15) is 0 Å². The molecule has 4 aromatic rings. The average Bonchev–Trinajstić information content (AvgIpc) is 3.42. The summed E-state index contributed by atoms with van der Waals surface area (Å²) in [7, 11) is 0. The van der Waals surface area contributed by atoms with Crippen molar-refractivity contribution in [1.29, 1.82) is 0 Å². The fraction of sp³-hybridized carbons (Fsp3) is 0.0833. The molecule has 0 saturated carbocycles. The number of rotatable bonds is 5. The number of carbonyl (C=O) groups is 3. The first-order chi connectivity index (χ1) is 15.1. The van der Waals surface area contributed by atoms with E-state index in [0.29, 0.717) is 39.0 Å². The second kappa shape index (κ2) is 7.53. The Kier molecular flexibility index (Phi) is 4.55. The highest BCUT2D eigenvalue weighted by Crippen LogP contribution is 2.26. The van der Waals surface area contributed by atoms with Crippen LogP contribution in [0.2, 0.25) is 0 Å². The van der Waals surface area contributed by atoms with Gasteiger partial charge in [0.25, 0.3) is 11.8 Å². The topological polar surface area (TPSA) is 89.7 Å². The van der Waals surface area contributed by atoms with Crippen LogP contribution >= 0.6 is 0 Å². The first kappa shape index (κ1) is 18.7. The summed E-state index contributed by atoms with van der Waals surface area (Å²) in [5.74, 6) is -0.800. The van der Waals surface area contributed by atoms with Gasteiger partial charge < -0.3 is 9.15 Å². The van der Waals surface area contributed by atoms with Crippen molar-refractivity contribution in [2.24, 2.45) is 0 Å². The van der Waals surface area contributed by atoms with Gasteiger partial charge in [0.15, 0.2) is 5.76 Å². The second-order valence-electron chi connectivity index (χ2n) is 6.99. The number of hydrogen-bond donors (Lipinski definition) is 0. The molecule has 0 fully saturated rings. The summed E-state index contributed by atoms with van der Waals surface area (Å²) in [6.45, 7) is -0.136. The van der Waals surface area contributed by atoms with E-state index in [1.807, 2.05) is 12.1 Å². The minimum absolute atomic E-state index is 0.0217. The Morgan fingerprint density at radius 3 is 2.35 bits per heavy atom. The van der Waals surface area contributed by atoms with E-state index in [2.05, 4.69) is 4.98 Å². The van der Waals surface area contributed by atoms with Gasteiger partial charge >= 0.3 is 5.97 Å². The van der Waals surface area contributed by atoms with E-state index in [9.17, 15) is 14.4 Å². The molecule has 3 heterocycles. The second-order valence-corrected chi connectivity index (χ2v) is 6.99. The van der Waals surface area contributed by atoms with Crippen molar-refractivity contribution in [3.63, 3.8) is 0 Å². The number of aromatic nitrogens is 1. The van der Waals surface area contributed by atoms with Crippen LogP contribution in [0.25, 0.3) is 22.4 Å². The molecule has 1 aliphatic rings. The Morgan fingerprint density at radius 2 is 1.65 bits per heavy atom. The molecular formula is C24H16N2O5. The van der Waals surface area contributed by atoms with Gasteiger partial charge in [0, 0.05) is 5.39 Å². The number of ether oxygens (including phenoxy) is 1. The van der Waals surface area contributed by atoms with Crippen LogP contribution in [0.5, 0.6) is 0 Å². The van der Waals surface area contributed by atoms with Crippen molar-refractivity contribution in [2.75, 3.05) is 13.2 Å². The van der Waals surface area contributed by atoms with E-state index in [1.54, 1.807) is 54.6 Å². The number of nitrogens with zero attached hydrogens (tertiary/aromatic N) is 2. The summed E-state index contributed by atoms with van der Waals surface area (Å²) in [5.41, 5.74) is 2.20. The van der Waals surface area contributed by atoms with Crippen LogP contribution in [0.15, 0.2) is 77.4 Å². The lowest BCUT2D eigenvalue weighted by atomic mass is 10.1. The number of fused-ring (bicyclic) bond motifs is 2. The number of para-hydroxylation sites is 1. The number of amides is 2. The molecule has 0 radical (unpaired) electrons. The molecule has 7 heteroatoms.